The van der Waals surface area contributed by atoms with E-state index in [4.69, 9.17) is 16.2 Å². The summed E-state index contributed by atoms with van der Waals surface area (Å²) in [6, 6.07) is 7.93. The Morgan fingerprint density at radius 2 is 2.18 bits per heavy atom. The van der Waals surface area contributed by atoms with Gasteiger partial charge in [0, 0.05) is 29.8 Å². The lowest BCUT2D eigenvalue weighted by atomic mass is 10.1. The number of pyridine rings is 2. The van der Waals surface area contributed by atoms with Crippen LogP contribution in [0, 0.1) is 5.82 Å². The van der Waals surface area contributed by atoms with Crippen LogP contribution >= 0.6 is 0 Å². The molecule has 5 N–H and O–H groups in total. The number of carbonyl (C=O) groups is 1. The number of nitrogens with one attached hydrogen (secondary N) is 1. The van der Waals surface area contributed by atoms with Crippen molar-refractivity contribution in [3.63, 3.8) is 0 Å². The zero-order valence-electron chi connectivity index (χ0n) is 14.7. The Morgan fingerprint density at radius 1 is 1.32 bits per heavy atom. The lowest BCUT2D eigenvalue weighted by Gasteiger charge is -2.19. The van der Waals surface area contributed by atoms with E-state index in [1.165, 1.54) is 6.07 Å². The quantitative estimate of drug-likeness (QED) is 0.618. The smallest absolute Gasteiger partial charge is 0.248 e. The monoisotopic (exact) mass is 380 g/mol. The number of carbonyl (C=O) groups excluding carboxylic acids is 1. The standard InChI is InChI=1S/C19H17FN6O2/c20-13-8-16(26-5-1-4-24-26)15(23-9-13)10-28-17-7-12-6-11(19(22)27)2-3-14(12)25-18(17)21/h1-3,5-9,24H,4,10H2,(H2,21,25)(H2,22,27). The molecule has 3 heterocycles. The average Bonchev–Trinajstić information content (AvgIpc) is 3.21. The van der Waals surface area contributed by atoms with Crippen LogP contribution in [0.5, 0.6) is 5.75 Å². The fraction of sp³-hybridized carbons (Fsp3) is 0.105. The zero-order valence-corrected chi connectivity index (χ0v) is 14.7. The maximum atomic E-state index is 13.7. The van der Waals surface area contributed by atoms with E-state index in [0.717, 1.165) is 6.20 Å². The van der Waals surface area contributed by atoms with Crippen molar-refractivity contribution in [3.05, 3.63) is 65.9 Å². The van der Waals surface area contributed by atoms with Gasteiger partial charge in [-0.2, -0.15) is 0 Å². The van der Waals surface area contributed by atoms with Crippen LogP contribution in [0.2, 0.25) is 0 Å². The van der Waals surface area contributed by atoms with Crippen molar-refractivity contribution >= 4 is 28.3 Å². The van der Waals surface area contributed by atoms with Gasteiger partial charge in [-0.15, -0.1) is 0 Å². The zero-order chi connectivity index (χ0) is 19.7. The van der Waals surface area contributed by atoms with Gasteiger partial charge in [-0.1, -0.05) is 6.08 Å². The molecular formula is C19H17FN6O2. The third-order valence-corrected chi connectivity index (χ3v) is 4.26. The molecule has 0 aliphatic carbocycles. The van der Waals surface area contributed by atoms with Gasteiger partial charge < -0.3 is 16.2 Å². The number of amides is 1. The van der Waals surface area contributed by atoms with Gasteiger partial charge in [-0.05, 0) is 24.3 Å². The van der Waals surface area contributed by atoms with E-state index in [2.05, 4.69) is 15.4 Å². The first-order valence-corrected chi connectivity index (χ1v) is 8.48. The molecule has 1 aromatic carbocycles. The molecular weight excluding hydrogens is 363 g/mol. The van der Waals surface area contributed by atoms with E-state index in [0.29, 0.717) is 40.1 Å². The van der Waals surface area contributed by atoms with E-state index in [-0.39, 0.29) is 12.4 Å². The van der Waals surface area contributed by atoms with Gasteiger partial charge in [-0.3, -0.25) is 14.8 Å². The highest BCUT2D eigenvalue weighted by Crippen LogP contribution is 2.28. The summed E-state index contributed by atoms with van der Waals surface area (Å²) >= 11 is 0. The molecule has 28 heavy (non-hydrogen) atoms. The maximum Gasteiger partial charge on any atom is 0.248 e. The molecule has 0 atom stereocenters. The Labute approximate surface area is 159 Å². The molecule has 8 nitrogen and oxygen atoms in total. The Balaban J connectivity index is 1.63. The van der Waals surface area contributed by atoms with Crippen LogP contribution in [-0.2, 0) is 6.61 Å². The van der Waals surface area contributed by atoms with Crippen molar-refractivity contribution in [2.45, 2.75) is 6.61 Å². The highest BCUT2D eigenvalue weighted by atomic mass is 19.1. The van der Waals surface area contributed by atoms with Crippen molar-refractivity contribution in [1.82, 2.24) is 15.4 Å². The van der Waals surface area contributed by atoms with Crippen molar-refractivity contribution in [3.8, 4) is 5.75 Å². The van der Waals surface area contributed by atoms with Crippen LogP contribution in [0.15, 0.2) is 48.8 Å². The molecule has 1 aliphatic rings. The van der Waals surface area contributed by atoms with Crippen molar-refractivity contribution in [2.75, 3.05) is 17.3 Å². The molecule has 0 saturated carbocycles. The Morgan fingerprint density at radius 3 is 2.93 bits per heavy atom. The number of ether oxygens (including phenoxy) is 1. The summed E-state index contributed by atoms with van der Waals surface area (Å²) in [5.41, 5.74) is 16.4. The molecule has 3 aromatic rings. The number of fused-ring (bicyclic) bond motifs is 1. The van der Waals surface area contributed by atoms with E-state index in [9.17, 15) is 9.18 Å². The number of aromatic nitrogens is 2. The minimum Gasteiger partial charge on any atom is -0.483 e. The third-order valence-electron chi connectivity index (χ3n) is 4.26. The van der Waals surface area contributed by atoms with Gasteiger partial charge in [0.05, 0.1) is 17.4 Å². The number of hydrogen-bond acceptors (Lipinski definition) is 7. The summed E-state index contributed by atoms with van der Waals surface area (Å²) in [6.45, 7) is 0.690. The number of nitrogens with zero attached hydrogens (tertiary/aromatic N) is 3. The number of primary amides is 1. The minimum atomic E-state index is -0.535. The second kappa shape index (κ2) is 7.12. The highest BCUT2D eigenvalue weighted by Gasteiger charge is 2.16. The molecule has 0 bridgehead atoms. The predicted octanol–water partition coefficient (Wildman–Crippen LogP) is 1.87. The first kappa shape index (κ1) is 17.7. The second-order valence-corrected chi connectivity index (χ2v) is 6.17. The number of rotatable bonds is 5. The first-order chi connectivity index (χ1) is 13.5. The van der Waals surface area contributed by atoms with Crippen LogP contribution in [0.25, 0.3) is 10.9 Å². The van der Waals surface area contributed by atoms with Gasteiger partial charge in [-0.25, -0.2) is 14.8 Å². The number of nitrogen functional groups attached to an aromatic ring is 1. The minimum absolute atomic E-state index is 0.0501. The van der Waals surface area contributed by atoms with Crippen LogP contribution < -0.4 is 26.6 Å². The molecule has 0 radical (unpaired) electrons. The largest absolute Gasteiger partial charge is 0.483 e. The molecule has 142 valence electrons. The lowest BCUT2D eigenvalue weighted by Crippen LogP contribution is -2.29. The number of anilines is 2. The SMILES string of the molecule is NC(=O)c1ccc2nc(N)c(OCc3ncc(F)cc3N3C=CCN3)cc2c1. The second-order valence-electron chi connectivity index (χ2n) is 6.17. The van der Waals surface area contributed by atoms with Crippen LogP contribution in [0.3, 0.4) is 0 Å². The number of hydrazine groups is 1. The molecule has 0 spiro atoms. The van der Waals surface area contributed by atoms with Crippen LogP contribution in [-0.4, -0.2) is 22.4 Å². The van der Waals surface area contributed by atoms with E-state index >= 15 is 0 Å². The molecule has 4 rings (SSSR count). The topological polar surface area (TPSA) is 119 Å². The van der Waals surface area contributed by atoms with E-state index in [1.54, 1.807) is 35.5 Å². The molecule has 0 saturated heterocycles. The van der Waals surface area contributed by atoms with E-state index in [1.807, 2.05) is 6.08 Å². The molecule has 0 unspecified atom stereocenters. The Kier molecular flexibility index (Phi) is 4.50. The summed E-state index contributed by atoms with van der Waals surface area (Å²) in [4.78, 5) is 19.8. The fourth-order valence-electron chi connectivity index (χ4n) is 2.89. The number of halogens is 1. The third kappa shape index (κ3) is 3.42. The van der Waals surface area contributed by atoms with Gasteiger partial charge in [0.15, 0.2) is 11.6 Å². The van der Waals surface area contributed by atoms with E-state index < -0.39 is 11.7 Å². The normalized spacial score (nSPS) is 13.2. The molecule has 1 aliphatic heterocycles. The number of nitrogens with two attached hydrogens (primary N) is 2. The van der Waals surface area contributed by atoms with Gasteiger partial charge in [0.1, 0.15) is 18.1 Å². The molecule has 1 amide bonds. The molecule has 0 fully saturated rings. The van der Waals surface area contributed by atoms with Gasteiger partial charge in [0.25, 0.3) is 0 Å². The maximum absolute atomic E-state index is 13.7. The number of benzene rings is 1. The van der Waals surface area contributed by atoms with Crippen LogP contribution in [0.4, 0.5) is 15.9 Å². The van der Waals surface area contributed by atoms with Crippen molar-refractivity contribution in [1.29, 1.82) is 0 Å². The van der Waals surface area contributed by atoms with Gasteiger partial charge in [0.2, 0.25) is 5.91 Å². The average molecular weight is 380 g/mol. The highest BCUT2D eigenvalue weighted by molar-refractivity contribution is 5.97. The Bertz CT molecular complexity index is 1100. The van der Waals surface area contributed by atoms with Crippen LogP contribution in [0.1, 0.15) is 16.1 Å². The summed E-state index contributed by atoms with van der Waals surface area (Å²) in [6.07, 6.45) is 4.82. The summed E-state index contributed by atoms with van der Waals surface area (Å²) < 4.78 is 19.5. The Hall–Kier alpha value is -3.72. The van der Waals surface area contributed by atoms with Crippen molar-refractivity contribution < 1.29 is 13.9 Å². The van der Waals surface area contributed by atoms with Crippen molar-refractivity contribution in [2.24, 2.45) is 5.73 Å². The summed E-state index contributed by atoms with van der Waals surface area (Å²) in [7, 11) is 0. The lowest BCUT2D eigenvalue weighted by molar-refractivity contribution is 0.100. The molecule has 9 heteroatoms. The molecule has 2 aromatic heterocycles. The number of hydrogen-bond donors (Lipinski definition) is 3. The first-order valence-electron chi connectivity index (χ1n) is 8.48. The van der Waals surface area contributed by atoms with Gasteiger partial charge >= 0.3 is 0 Å². The summed E-state index contributed by atoms with van der Waals surface area (Å²) in [5.74, 6) is -0.461. The summed E-state index contributed by atoms with van der Waals surface area (Å²) in [5, 5.41) is 2.34. The fourth-order valence-corrected chi connectivity index (χ4v) is 2.89. The predicted molar refractivity (Wildman–Crippen MR) is 103 cm³/mol.